The first-order valence-corrected chi connectivity index (χ1v) is 10.7. The summed E-state index contributed by atoms with van der Waals surface area (Å²) in [6, 6.07) is 10.5. The highest BCUT2D eigenvalue weighted by molar-refractivity contribution is 6.31. The normalized spacial score (nSPS) is 14.2. The molecule has 2 aromatic heterocycles. The summed E-state index contributed by atoms with van der Waals surface area (Å²) >= 11 is 6.11. The fourth-order valence-electron chi connectivity index (χ4n) is 3.51. The van der Waals surface area contributed by atoms with Gasteiger partial charge < -0.3 is 14.4 Å². The summed E-state index contributed by atoms with van der Waals surface area (Å²) < 4.78 is 12.6. The molecule has 0 atom stereocenters. The van der Waals surface area contributed by atoms with E-state index in [1.165, 1.54) is 15.4 Å². The number of amides is 1. The number of benzene rings is 1. The van der Waals surface area contributed by atoms with Gasteiger partial charge in [0.2, 0.25) is 5.88 Å². The van der Waals surface area contributed by atoms with Crippen LogP contribution in [0.4, 0.5) is 0 Å². The van der Waals surface area contributed by atoms with Crippen LogP contribution >= 0.6 is 11.6 Å². The summed E-state index contributed by atoms with van der Waals surface area (Å²) in [6.07, 6.45) is 2.83. The Balaban J connectivity index is 1.86. The van der Waals surface area contributed by atoms with Crippen LogP contribution in [0.1, 0.15) is 16.7 Å². The van der Waals surface area contributed by atoms with E-state index in [9.17, 15) is 14.9 Å². The predicted molar refractivity (Wildman–Crippen MR) is 123 cm³/mol. The van der Waals surface area contributed by atoms with Crippen molar-refractivity contribution in [1.29, 1.82) is 5.26 Å². The zero-order valence-corrected chi connectivity index (χ0v) is 18.9. The highest BCUT2D eigenvalue weighted by atomic mass is 35.5. The number of rotatable bonds is 4. The van der Waals surface area contributed by atoms with Crippen molar-refractivity contribution in [1.82, 2.24) is 14.3 Å². The third-order valence-corrected chi connectivity index (χ3v) is 5.76. The molecule has 8 nitrogen and oxygen atoms in total. The van der Waals surface area contributed by atoms with Crippen LogP contribution in [-0.4, -0.2) is 46.5 Å². The molecule has 1 aliphatic rings. The minimum absolute atomic E-state index is 0.00134. The Morgan fingerprint density at radius 1 is 1.24 bits per heavy atom. The van der Waals surface area contributed by atoms with Crippen LogP contribution in [-0.2, 0) is 9.53 Å². The van der Waals surface area contributed by atoms with Crippen LogP contribution in [0.3, 0.4) is 0 Å². The second kappa shape index (κ2) is 9.45. The fourth-order valence-corrected chi connectivity index (χ4v) is 3.63. The summed E-state index contributed by atoms with van der Waals surface area (Å²) in [4.78, 5) is 32.4. The Hall–Kier alpha value is -3.67. The molecule has 4 rings (SSSR count). The van der Waals surface area contributed by atoms with Crippen molar-refractivity contribution in [2.75, 3.05) is 26.3 Å². The number of nitriles is 1. The number of halogens is 1. The standard InChI is InChI=1S/C24H21ClN4O4/c1-15-4-3-7-29-21(15)27-22(33-18-5-6-20(25)16(2)12-18)19(24(29)31)13-17(14-26)23(30)28-8-10-32-11-9-28/h3-7,12-13H,8-11H2,1-2H3. The van der Waals surface area contributed by atoms with Crippen molar-refractivity contribution in [2.45, 2.75) is 13.8 Å². The Bertz CT molecular complexity index is 1370. The quantitative estimate of drug-likeness (QED) is 0.433. The average molecular weight is 465 g/mol. The number of hydrogen-bond donors (Lipinski definition) is 0. The van der Waals surface area contributed by atoms with Gasteiger partial charge >= 0.3 is 0 Å². The Labute approximate surface area is 195 Å². The van der Waals surface area contributed by atoms with E-state index in [0.29, 0.717) is 42.7 Å². The molecule has 33 heavy (non-hydrogen) atoms. The van der Waals surface area contributed by atoms with Crippen LogP contribution < -0.4 is 10.3 Å². The Morgan fingerprint density at radius 2 is 2.00 bits per heavy atom. The van der Waals surface area contributed by atoms with Gasteiger partial charge in [-0.2, -0.15) is 10.2 Å². The van der Waals surface area contributed by atoms with Gasteiger partial charge in [0.15, 0.2) is 0 Å². The monoisotopic (exact) mass is 464 g/mol. The minimum atomic E-state index is -0.470. The highest BCUT2D eigenvalue weighted by Crippen LogP contribution is 2.28. The maximum atomic E-state index is 13.4. The van der Waals surface area contributed by atoms with Gasteiger partial charge in [-0.05, 0) is 55.3 Å². The van der Waals surface area contributed by atoms with Gasteiger partial charge in [-0.25, -0.2) is 0 Å². The Kier molecular flexibility index (Phi) is 6.45. The molecule has 1 amide bonds. The summed E-state index contributed by atoms with van der Waals surface area (Å²) in [5.74, 6) is -0.0456. The van der Waals surface area contributed by atoms with Crippen LogP contribution in [0.25, 0.3) is 11.7 Å². The number of hydrogen-bond acceptors (Lipinski definition) is 6. The molecule has 168 valence electrons. The third kappa shape index (κ3) is 4.60. The second-order valence-corrected chi connectivity index (χ2v) is 8.02. The molecule has 1 aromatic carbocycles. The van der Waals surface area contributed by atoms with E-state index in [2.05, 4.69) is 4.98 Å². The zero-order chi connectivity index (χ0) is 23.5. The van der Waals surface area contributed by atoms with Gasteiger partial charge in [-0.1, -0.05) is 17.7 Å². The smallest absolute Gasteiger partial charge is 0.269 e. The first-order valence-electron chi connectivity index (χ1n) is 10.3. The summed E-state index contributed by atoms with van der Waals surface area (Å²) in [7, 11) is 0. The van der Waals surface area contributed by atoms with E-state index in [0.717, 1.165) is 11.1 Å². The molecule has 0 spiro atoms. The summed E-state index contributed by atoms with van der Waals surface area (Å²) in [5, 5.41) is 10.3. The van der Waals surface area contributed by atoms with Crippen molar-refractivity contribution in [3.8, 4) is 17.7 Å². The van der Waals surface area contributed by atoms with Gasteiger partial charge in [0.05, 0.1) is 13.2 Å². The van der Waals surface area contributed by atoms with Crippen molar-refractivity contribution in [3.05, 3.63) is 74.2 Å². The van der Waals surface area contributed by atoms with Crippen LogP contribution in [0.2, 0.25) is 5.02 Å². The fraction of sp³-hybridized carbons (Fsp3) is 0.250. The van der Waals surface area contributed by atoms with Crippen LogP contribution in [0.5, 0.6) is 11.6 Å². The molecule has 0 bridgehead atoms. The molecule has 1 fully saturated rings. The number of aromatic nitrogens is 2. The van der Waals surface area contributed by atoms with Crippen molar-refractivity contribution in [3.63, 3.8) is 0 Å². The first kappa shape index (κ1) is 22.5. The van der Waals surface area contributed by atoms with Crippen LogP contribution in [0, 0.1) is 25.2 Å². The largest absolute Gasteiger partial charge is 0.438 e. The van der Waals surface area contributed by atoms with Gasteiger partial charge in [0.1, 0.15) is 28.6 Å². The molecule has 0 N–H and O–H groups in total. The van der Waals surface area contributed by atoms with E-state index < -0.39 is 11.5 Å². The van der Waals surface area contributed by atoms with E-state index in [4.69, 9.17) is 21.1 Å². The maximum Gasteiger partial charge on any atom is 0.269 e. The molecule has 9 heteroatoms. The van der Waals surface area contributed by atoms with Gasteiger partial charge in [-0.3, -0.25) is 14.0 Å². The lowest BCUT2D eigenvalue weighted by Crippen LogP contribution is -2.41. The molecule has 1 saturated heterocycles. The lowest BCUT2D eigenvalue weighted by molar-refractivity contribution is -0.130. The highest BCUT2D eigenvalue weighted by Gasteiger charge is 2.23. The molecule has 1 aliphatic heterocycles. The predicted octanol–water partition coefficient (Wildman–Crippen LogP) is 3.52. The van der Waals surface area contributed by atoms with E-state index in [1.54, 1.807) is 30.5 Å². The van der Waals surface area contributed by atoms with Crippen molar-refractivity contribution >= 4 is 29.2 Å². The topological polar surface area (TPSA) is 96.9 Å². The lowest BCUT2D eigenvalue weighted by atomic mass is 10.1. The van der Waals surface area contributed by atoms with Gasteiger partial charge in [-0.15, -0.1) is 0 Å². The number of aryl methyl sites for hydroxylation is 2. The molecule has 0 saturated carbocycles. The number of nitrogens with zero attached hydrogens (tertiary/aromatic N) is 4. The zero-order valence-electron chi connectivity index (χ0n) is 18.2. The van der Waals surface area contributed by atoms with E-state index in [1.807, 2.05) is 26.0 Å². The average Bonchev–Trinajstić information content (AvgIpc) is 2.82. The molecular formula is C24H21ClN4O4. The van der Waals surface area contributed by atoms with Gasteiger partial charge in [0, 0.05) is 24.3 Å². The molecule has 3 heterocycles. The molecular weight excluding hydrogens is 444 g/mol. The minimum Gasteiger partial charge on any atom is -0.438 e. The van der Waals surface area contributed by atoms with Crippen molar-refractivity contribution in [2.24, 2.45) is 0 Å². The number of fused-ring (bicyclic) bond motifs is 1. The Morgan fingerprint density at radius 3 is 2.70 bits per heavy atom. The number of carbonyl (C=O) groups excluding carboxylic acids is 1. The van der Waals surface area contributed by atoms with Crippen LogP contribution in [0.15, 0.2) is 46.9 Å². The number of morpholine rings is 1. The number of ether oxygens (including phenoxy) is 2. The van der Waals surface area contributed by atoms with E-state index >= 15 is 0 Å². The number of carbonyl (C=O) groups is 1. The number of pyridine rings is 1. The van der Waals surface area contributed by atoms with Crippen molar-refractivity contribution < 1.29 is 14.3 Å². The maximum absolute atomic E-state index is 13.4. The molecule has 0 radical (unpaired) electrons. The second-order valence-electron chi connectivity index (χ2n) is 7.61. The SMILES string of the molecule is Cc1cc(Oc2nc3c(C)cccn3c(=O)c2C=C(C#N)C(=O)N2CCOCC2)ccc1Cl. The van der Waals surface area contributed by atoms with Gasteiger partial charge in [0.25, 0.3) is 11.5 Å². The first-order chi connectivity index (χ1) is 15.9. The lowest BCUT2D eigenvalue weighted by Gasteiger charge is -2.26. The summed E-state index contributed by atoms with van der Waals surface area (Å²) in [5.41, 5.74) is 1.35. The van der Waals surface area contributed by atoms with E-state index in [-0.39, 0.29) is 17.0 Å². The molecule has 3 aromatic rings. The summed E-state index contributed by atoms with van der Waals surface area (Å²) in [6.45, 7) is 5.20. The molecule has 0 unspecified atom stereocenters. The molecule has 0 aliphatic carbocycles. The third-order valence-electron chi connectivity index (χ3n) is 5.33.